The lowest BCUT2D eigenvalue weighted by molar-refractivity contribution is 0.482. The molecule has 0 aromatic heterocycles. The minimum Gasteiger partial charge on any atom is -0.286 e. The molecule has 1 aromatic carbocycles. The Kier molecular flexibility index (Phi) is 4.50. The summed E-state index contributed by atoms with van der Waals surface area (Å²) in [5, 5.41) is 0. The molecule has 0 atom stereocenters. The lowest BCUT2D eigenvalue weighted by Gasteiger charge is -2.06. The van der Waals surface area contributed by atoms with Gasteiger partial charge in [-0.2, -0.15) is 8.42 Å². The van der Waals surface area contributed by atoms with Gasteiger partial charge in [0.15, 0.2) is 0 Å². The van der Waals surface area contributed by atoms with Crippen LogP contribution < -0.4 is 0 Å². The molecule has 16 heavy (non-hydrogen) atoms. The molecule has 0 aliphatic carbocycles. The van der Waals surface area contributed by atoms with Gasteiger partial charge in [-0.1, -0.05) is 32.0 Å². The first kappa shape index (κ1) is 13.2. The van der Waals surface area contributed by atoms with E-state index in [1.54, 1.807) is 0 Å². The normalized spacial score (nSPS) is 11.7. The number of hydrogen-bond acceptors (Lipinski definition) is 2. The zero-order valence-corrected chi connectivity index (χ0v) is 10.5. The lowest BCUT2D eigenvalue weighted by Crippen LogP contribution is -2.07. The van der Waals surface area contributed by atoms with Gasteiger partial charge in [0.05, 0.1) is 5.75 Å². The molecule has 0 aliphatic heterocycles. The van der Waals surface area contributed by atoms with Crippen molar-refractivity contribution in [3.8, 4) is 0 Å². The largest absolute Gasteiger partial charge is 0.286 e. The summed E-state index contributed by atoms with van der Waals surface area (Å²) in [5.74, 6) is -0.205. The van der Waals surface area contributed by atoms with E-state index in [1.807, 2.05) is 12.1 Å². The maximum atomic E-state index is 10.7. The van der Waals surface area contributed by atoms with Crippen LogP contribution in [0.2, 0.25) is 0 Å². The van der Waals surface area contributed by atoms with Gasteiger partial charge in [0, 0.05) is 0 Å². The van der Waals surface area contributed by atoms with Crippen LogP contribution in [0.25, 0.3) is 0 Å². The minimum absolute atomic E-state index is 0.205. The van der Waals surface area contributed by atoms with Crippen molar-refractivity contribution in [1.29, 1.82) is 0 Å². The molecule has 0 saturated heterocycles. The van der Waals surface area contributed by atoms with Gasteiger partial charge >= 0.3 is 0 Å². The third kappa shape index (κ3) is 4.33. The van der Waals surface area contributed by atoms with Crippen molar-refractivity contribution in [2.45, 2.75) is 33.1 Å². The standard InChI is InChI=1S/C12H18O3S/c1-3-10-7-11(4-2)9-12(8-10)5-6-16(13,14)15/h7-9H,3-6H2,1-2H3,(H,13,14,15). The molecule has 1 rings (SSSR count). The van der Waals surface area contributed by atoms with Gasteiger partial charge in [-0.05, 0) is 36.0 Å². The highest BCUT2D eigenvalue weighted by Crippen LogP contribution is 2.13. The first-order valence-electron chi connectivity index (χ1n) is 5.51. The summed E-state index contributed by atoms with van der Waals surface area (Å²) >= 11 is 0. The van der Waals surface area contributed by atoms with E-state index in [9.17, 15) is 8.42 Å². The van der Waals surface area contributed by atoms with Crippen molar-refractivity contribution in [2.24, 2.45) is 0 Å². The molecule has 90 valence electrons. The molecular weight excluding hydrogens is 224 g/mol. The predicted molar refractivity (Wildman–Crippen MR) is 65.3 cm³/mol. The van der Waals surface area contributed by atoms with Crippen LogP contribution in [0.1, 0.15) is 30.5 Å². The van der Waals surface area contributed by atoms with Crippen LogP contribution in [0, 0.1) is 0 Å². The quantitative estimate of drug-likeness (QED) is 0.806. The molecular formula is C12H18O3S. The molecule has 0 fully saturated rings. The molecule has 0 radical (unpaired) electrons. The Bertz CT molecular complexity index is 427. The molecule has 4 heteroatoms. The van der Waals surface area contributed by atoms with Crippen molar-refractivity contribution in [2.75, 3.05) is 5.75 Å². The second-order valence-electron chi connectivity index (χ2n) is 3.90. The summed E-state index contributed by atoms with van der Waals surface area (Å²) in [4.78, 5) is 0. The minimum atomic E-state index is -3.86. The van der Waals surface area contributed by atoms with E-state index >= 15 is 0 Å². The zero-order valence-electron chi connectivity index (χ0n) is 9.73. The van der Waals surface area contributed by atoms with Gasteiger partial charge < -0.3 is 0 Å². The molecule has 1 N–H and O–H groups in total. The fourth-order valence-corrected chi connectivity index (χ4v) is 2.13. The van der Waals surface area contributed by atoms with Gasteiger partial charge in [-0.25, -0.2) is 0 Å². The highest BCUT2D eigenvalue weighted by Gasteiger charge is 2.06. The molecule has 0 heterocycles. The summed E-state index contributed by atoms with van der Waals surface area (Å²) in [5.41, 5.74) is 3.41. The summed E-state index contributed by atoms with van der Waals surface area (Å²) in [6.07, 6.45) is 2.25. The van der Waals surface area contributed by atoms with Crippen LogP contribution in [-0.2, 0) is 29.4 Å². The van der Waals surface area contributed by atoms with Gasteiger partial charge in [0.25, 0.3) is 10.1 Å². The van der Waals surface area contributed by atoms with E-state index in [0.717, 1.165) is 18.4 Å². The maximum Gasteiger partial charge on any atom is 0.265 e. The lowest BCUT2D eigenvalue weighted by atomic mass is 10.0. The van der Waals surface area contributed by atoms with Gasteiger partial charge in [0.1, 0.15) is 0 Å². The monoisotopic (exact) mass is 242 g/mol. The van der Waals surface area contributed by atoms with Gasteiger partial charge in [0.2, 0.25) is 0 Å². The fraction of sp³-hybridized carbons (Fsp3) is 0.500. The molecule has 0 bridgehead atoms. The van der Waals surface area contributed by atoms with Gasteiger partial charge in [-0.3, -0.25) is 4.55 Å². The van der Waals surface area contributed by atoms with E-state index in [4.69, 9.17) is 4.55 Å². The van der Waals surface area contributed by atoms with Crippen molar-refractivity contribution in [1.82, 2.24) is 0 Å². The number of aryl methyl sites for hydroxylation is 3. The summed E-state index contributed by atoms with van der Waals surface area (Å²) in [6, 6.07) is 6.14. The van der Waals surface area contributed by atoms with Crippen molar-refractivity contribution in [3.63, 3.8) is 0 Å². The molecule has 0 saturated carbocycles. The second kappa shape index (κ2) is 5.46. The number of hydrogen-bond donors (Lipinski definition) is 1. The summed E-state index contributed by atoms with van der Waals surface area (Å²) in [7, 11) is -3.86. The Morgan fingerprint density at radius 3 is 1.81 bits per heavy atom. The molecule has 0 spiro atoms. The fourth-order valence-electron chi connectivity index (χ4n) is 1.64. The topological polar surface area (TPSA) is 54.4 Å². The van der Waals surface area contributed by atoms with Crippen molar-refractivity contribution in [3.05, 3.63) is 34.9 Å². The molecule has 1 aromatic rings. The first-order valence-corrected chi connectivity index (χ1v) is 7.12. The van der Waals surface area contributed by atoms with Crippen LogP contribution in [0.15, 0.2) is 18.2 Å². The Morgan fingerprint density at radius 1 is 1.00 bits per heavy atom. The predicted octanol–water partition coefficient (Wildman–Crippen LogP) is 2.24. The van der Waals surface area contributed by atoms with E-state index in [-0.39, 0.29) is 5.75 Å². The van der Waals surface area contributed by atoms with E-state index < -0.39 is 10.1 Å². The van der Waals surface area contributed by atoms with Crippen LogP contribution in [0.3, 0.4) is 0 Å². The summed E-state index contributed by atoms with van der Waals surface area (Å²) < 4.78 is 30.0. The second-order valence-corrected chi connectivity index (χ2v) is 5.47. The van der Waals surface area contributed by atoms with Crippen LogP contribution in [0.5, 0.6) is 0 Å². The SMILES string of the molecule is CCc1cc(CC)cc(CCS(=O)(=O)O)c1. The Labute approximate surface area is 97.2 Å². The van der Waals surface area contributed by atoms with Crippen molar-refractivity contribution < 1.29 is 13.0 Å². The highest BCUT2D eigenvalue weighted by molar-refractivity contribution is 7.85. The Balaban J connectivity index is 2.87. The zero-order chi connectivity index (χ0) is 12.2. The van der Waals surface area contributed by atoms with E-state index in [1.165, 1.54) is 11.1 Å². The molecule has 0 aliphatic rings. The van der Waals surface area contributed by atoms with Crippen LogP contribution >= 0.6 is 0 Å². The summed E-state index contributed by atoms with van der Waals surface area (Å²) in [6.45, 7) is 4.14. The number of rotatable bonds is 5. The first-order chi connectivity index (χ1) is 7.44. The maximum absolute atomic E-state index is 10.7. The van der Waals surface area contributed by atoms with E-state index in [0.29, 0.717) is 6.42 Å². The Hall–Kier alpha value is -0.870. The third-order valence-electron chi connectivity index (χ3n) is 2.58. The molecule has 3 nitrogen and oxygen atoms in total. The average Bonchev–Trinajstić information content (AvgIpc) is 2.25. The van der Waals surface area contributed by atoms with Crippen molar-refractivity contribution >= 4 is 10.1 Å². The smallest absolute Gasteiger partial charge is 0.265 e. The van der Waals surface area contributed by atoms with Crippen LogP contribution in [-0.4, -0.2) is 18.7 Å². The highest BCUT2D eigenvalue weighted by atomic mass is 32.2. The molecule has 0 unspecified atom stereocenters. The Morgan fingerprint density at radius 2 is 1.44 bits per heavy atom. The average molecular weight is 242 g/mol. The van der Waals surface area contributed by atoms with Crippen LogP contribution in [0.4, 0.5) is 0 Å². The van der Waals surface area contributed by atoms with E-state index in [2.05, 4.69) is 19.9 Å². The third-order valence-corrected chi connectivity index (χ3v) is 3.30. The number of benzene rings is 1. The van der Waals surface area contributed by atoms with Gasteiger partial charge in [-0.15, -0.1) is 0 Å². The molecule has 0 amide bonds.